The fraction of sp³-hybridized carbons (Fsp3) is 0.143. The summed E-state index contributed by atoms with van der Waals surface area (Å²) in [5.41, 5.74) is 1.37. The lowest BCUT2D eigenvalue weighted by molar-refractivity contribution is 0.0520. The maximum absolute atomic E-state index is 11.8. The molecule has 3 rings (SSSR count). The molecular formula is C14H11ClN4O2. The summed E-state index contributed by atoms with van der Waals surface area (Å²) >= 11 is 5.86. The van der Waals surface area contributed by atoms with Crippen molar-refractivity contribution in [3.05, 3.63) is 41.3 Å². The Balaban J connectivity index is 2.07. The highest BCUT2D eigenvalue weighted by Gasteiger charge is 2.19. The van der Waals surface area contributed by atoms with Gasteiger partial charge in [-0.3, -0.25) is 0 Å². The van der Waals surface area contributed by atoms with E-state index in [4.69, 9.17) is 16.3 Å². The van der Waals surface area contributed by atoms with E-state index in [1.54, 1.807) is 19.2 Å². The molecule has 0 bridgehead atoms. The van der Waals surface area contributed by atoms with Crippen molar-refractivity contribution in [2.75, 3.05) is 6.61 Å². The molecule has 0 amide bonds. The zero-order valence-electron chi connectivity index (χ0n) is 11.1. The summed E-state index contributed by atoms with van der Waals surface area (Å²) in [4.78, 5) is 15.9. The van der Waals surface area contributed by atoms with Crippen LogP contribution in [0.15, 0.2) is 30.5 Å². The van der Waals surface area contributed by atoms with E-state index in [1.807, 2.05) is 18.2 Å². The molecular weight excluding hydrogens is 292 g/mol. The largest absolute Gasteiger partial charge is 0.461 e. The molecule has 3 aromatic rings. The zero-order valence-corrected chi connectivity index (χ0v) is 11.9. The van der Waals surface area contributed by atoms with Crippen LogP contribution in [0.1, 0.15) is 17.4 Å². The van der Waals surface area contributed by atoms with Crippen LogP contribution in [-0.2, 0) is 4.74 Å². The molecule has 2 aromatic heterocycles. The highest BCUT2D eigenvalue weighted by molar-refractivity contribution is 6.30. The molecule has 0 aliphatic carbocycles. The van der Waals surface area contributed by atoms with Crippen molar-refractivity contribution in [2.45, 2.75) is 6.92 Å². The Morgan fingerprint density at radius 3 is 2.95 bits per heavy atom. The number of H-pyrrole nitrogens is 1. The molecule has 0 aliphatic rings. The number of benzene rings is 1. The van der Waals surface area contributed by atoms with Crippen molar-refractivity contribution in [1.82, 2.24) is 20.4 Å². The predicted molar refractivity (Wildman–Crippen MR) is 78.1 cm³/mol. The number of ether oxygens (including phenoxy) is 1. The van der Waals surface area contributed by atoms with Crippen LogP contribution in [0.4, 0.5) is 0 Å². The number of hydrogen-bond acceptors (Lipinski definition) is 5. The van der Waals surface area contributed by atoms with Crippen LogP contribution in [0, 0.1) is 0 Å². The van der Waals surface area contributed by atoms with Gasteiger partial charge in [0, 0.05) is 17.1 Å². The second kappa shape index (κ2) is 5.49. The number of carbonyl (C=O) groups excluding carboxylic acids is 1. The lowest BCUT2D eigenvalue weighted by atomic mass is 10.1. The van der Waals surface area contributed by atoms with E-state index in [9.17, 15) is 4.79 Å². The lowest BCUT2D eigenvalue weighted by Gasteiger charge is -2.03. The van der Waals surface area contributed by atoms with E-state index in [2.05, 4.69) is 20.4 Å². The molecule has 1 aromatic carbocycles. The minimum Gasteiger partial charge on any atom is -0.461 e. The lowest BCUT2D eigenvalue weighted by Crippen LogP contribution is -2.06. The first-order valence-corrected chi connectivity index (χ1v) is 6.70. The van der Waals surface area contributed by atoms with Crippen molar-refractivity contribution in [3.63, 3.8) is 0 Å². The zero-order chi connectivity index (χ0) is 14.8. The molecule has 2 heterocycles. The molecule has 0 radical (unpaired) electrons. The molecule has 0 atom stereocenters. The standard InChI is InChI=1S/C14H11ClN4O2/c1-2-21-14(20)13-12(17-19-18-13)9-4-3-8-6-11(15)16-7-10(8)5-9/h3-7H,2H2,1H3,(H,17,18,19). The second-order valence-corrected chi connectivity index (χ2v) is 4.70. The quantitative estimate of drug-likeness (QED) is 0.594. The number of aromatic nitrogens is 4. The average molecular weight is 303 g/mol. The fourth-order valence-electron chi connectivity index (χ4n) is 2.04. The third-order valence-corrected chi connectivity index (χ3v) is 3.19. The minimum absolute atomic E-state index is 0.165. The maximum atomic E-state index is 11.8. The number of pyridine rings is 1. The molecule has 0 spiro atoms. The number of rotatable bonds is 3. The molecule has 0 saturated heterocycles. The van der Waals surface area contributed by atoms with Gasteiger partial charge in [-0.2, -0.15) is 10.3 Å². The Morgan fingerprint density at radius 2 is 2.14 bits per heavy atom. The van der Waals surface area contributed by atoms with Gasteiger partial charge in [-0.25, -0.2) is 9.78 Å². The average Bonchev–Trinajstić information content (AvgIpc) is 2.96. The van der Waals surface area contributed by atoms with Crippen LogP contribution in [0.25, 0.3) is 22.0 Å². The number of hydrogen-bond donors (Lipinski definition) is 1. The summed E-state index contributed by atoms with van der Waals surface area (Å²) in [6.45, 7) is 2.02. The summed E-state index contributed by atoms with van der Waals surface area (Å²) in [6, 6.07) is 7.38. The maximum Gasteiger partial charge on any atom is 0.361 e. The smallest absolute Gasteiger partial charge is 0.361 e. The summed E-state index contributed by atoms with van der Waals surface area (Å²) in [7, 11) is 0. The third kappa shape index (κ3) is 2.57. The van der Waals surface area contributed by atoms with Gasteiger partial charge in [0.05, 0.1) is 6.61 Å². The van der Waals surface area contributed by atoms with E-state index >= 15 is 0 Å². The van der Waals surface area contributed by atoms with E-state index in [0.29, 0.717) is 10.8 Å². The molecule has 0 fully saturated rings. The van der Waals surface area contributed by atoms with Crippen molar-refractivity contribution in [1.29, 1.82) is 0 Å². The van der Waals surface area contributed by atoms with Gasteiger partial charge in [-0.1, -0.05) is 23.7 Å². The molecule has 21 heavy (non-hydrogen) atoms. The van der Waals surface area contributed by atoms with Crippen molar-refractivity contribution in [3.8, 4) is 11.3 Å². The number of esters is 1. The second-order valence-electron chi connectivity index (χ2n) is 4.31. The molecule has 7 heteroatoms. The molecule has 106 valence electrons. The monoisotopic (exact) mass is 302 g/mol. The van der Waals surface area contributed by atoms with E-state index < -0.39 is 5.97 Å². The van der Waals surface area contributed by atoms with Gasteiger partial charge in [0.1, 0.15) is 10.8 Å². The fourth-order valence-corrected chi connectivity index (χ4v) is 2.20. The van der Waals surface area contributed by atoms with Gasteiger partial charge >= 0.3 is 5.97 Å². The Labute approximate surface area is 125 Å². The Hall–Kier alpha value is -2.47. The van der Waals surface area contributed by atoms with E-state index in [1.165, 1.54) is 0 Å². The first-order chi connectivity index (χ1) is 10.2. The van der Waals surface area contributed by atoms with Crippen LogP contribution in [0.3, 0.4) is 0 Å². The van der Waals surface area contributed by atoms with E-state index in [0.717, 1.165) is 16.3 Å². The molecule has 0 unspecified atom stereocenters. The number of nitrogens with one attached hydrogen (secondary N) is 1. The van der Waals surface area contributed by atoms with Gasteiger partial charge in [0.25, 0.3) is 0 Å². The van der Waals surface area contributed by atoms with Gasteiger partial charge in [0.2, 0.25) is 0 Å². The number of nitrogens with zero attached hydrogens (tertiary/aromatic N) is 3. The topological polar surface area (TPSA) is 80.8 Å². The summed E-state index contributed by atoms with van der Waals surface area (Å²) in [5.74, 6) is -0.504. The normalized spacial score (nSPS) is 10.8. The minimum atomic E-state index is -0.504. The van der Waals surface area contributed by atoms with Crippen molar-refractivity contribution < 1.29 is 9.53 Å². The van der Waals surface area contributed by atoms with Crippen molar-refractivity contribution in [2.24, 2.45) is 0 Å². The van der Waals surface area contributed by atoms with Crippen LogP contribution in [-0.4, -0.2) is 33.0 Å². The molecule has 6 nitrogen and oxygen atoms in total. The Morgan fingerprint density at radius 1 is 1.29 bits per heavy atom. The summed E-state index contributed by atoms with van der Waals surface area (Å²) in [6.07, 6.45) is 1.67. The molecule has 0 saturated carbocycles. The van der Waals surface area contributed by atoms with Crippen LogP contribution in [0.5, 0.6) is 0 Å². The van der Waals surface area contributed by atoms with Crippen LogP contribution < -0.4 is 0 Å². The van der Waals surface area contributed by atoms with Gasteiger partial charge < -0.3 is 4.74 Å². The SMILES string of the molecule is CCOC(=O)c1n[nH]nc1-c1ccc2cc(Cl)ncc2c1. The third-order valence-electron chi connectivity index (χ3n) is 2.98. The first kappa shape index (κ1) is 13.5. The highest BCUT2D eigenvalue weighted by atomic mass is 35.5. The Bertz CT molecular complexity index is 816. The summed E-state index contributed by atoms with van der Waals surface area (Å²) in [5, 5.41) is 12.6. The number of halogens is 1. The van der Waals surface area contributed by atoms with Crippen LogP contribution in [0.2, 0.25) is 5.15 Å². The number of carbonyl (C=O) groups is 1. The number of fused-ring (bicyclic) bond motifs is 1. The summed E-state index contributed by atoms with van der Waals surface area (Å²) < 4.78 is 4.96. The van der Waals surface area contributed by atoms with Crippen LogP contribution >= 0.6 is 11.6 Å². The highest BCUT2D eigenvalue weighted by Crippen LogP contribution is 2.25. The predicted octanol–water partition coefficient (Wildman–Crippen LogP) is 2.85. The Kier molecular flexibility index (Phi) is 3.53. The van der Waals surface area contributed by atoms with Gasteiger partial charge in [-0.15, -0.1) is 5.10 Å². The van der Waals surface area contributed by atoms with Crippen molar-refractivity contribution >= 4 is 28.3 Å². The molecule has 1 N–H and O–H groups in total. The first-order valence-electron chi connectivity index (χ1n) is 6.32. The number of aromatic amines is 1. The van der Waals surface area contributed by atoms with E-state index in [-0.39, 0.29) is 12.3 Å². The van der Waals surface area contributed by atoms with Gasteiger partial charge in [0.15, 0.2) is 5.69 Å². The van der Waals surface area contributed by atoms with Gasteiger partial charge in [-0.05, 0) is 24.4 Å². The molecule has 0 aliphatic heterocycles.